The lowest BCUT2D eigenvalue weighted by molar-refractivity contribution is -0.129. The van der Waals surface area contributed by atoms with Gasteiger partial charge in [0.1, 0.15) is 12.4 Å². The molecule has 1 aliphatic rings. The summed E-state index contributed by atoms with van der Waals surface area (Å²) >= 11 is 8.43. The minimum absolute atomic E-state index is 0.201. The summed E-state index contributed by atoms with van der Waals surface area (Å²) in [5, 5.41) is 0.477. The van der Waals surface area contributed by atoms with Crippen molar-refractivity contribution < 1.29 is 14.3 Å². The van der Waals surface area contributed by atoms with Crippen LogP contribution < -0.4 is 4.74 Å². The maximum atomic E-state index is 12.4. The van der Waals surface area contributed by atoms with Crippen molar-refractivity contribution in [3.8, 4) is 5.75 Å². The Labute approximate surface area is 193 Å². The lowest BCUT2D eigenvalue weighted by Crippen LogP contribution is -2.06. The summed E-state index contributed by atoms with van der Waals surface area (Å²) in [5.41, 5.74) is 3.80. The highest BCUT2D eigenvalue weighted by Gasteiger charge is 2.26. The summed E-state index contributed by atoms with van der Waals surface area (Å²) in [4.78, 5) is 16.8. The van der Waals surface area contributed by atoms with E-state index in [1.54, 1.807) is 12.1 Å². The van der Waals surface area contributed by atoms with Gasteiger partial charge in [-0.15, -0.1) is 0 Å². The predicted molar refractivity (Wildman–Crippen MR) is 127 cm³/mol. The number of cyclic esters (lactones) is 1. The zero-order valence-electron chi connectivity index (χ0n) is 16.1. The van der Waals surface area contributed by atoms with Crippen LogP contribution in [-0.2, 0) is 16.1 Å². The standard InChI is InChI=1S/C24H17ClINO3/c1-15-6-2-3-8-17(15)14-29-22-9-5-4-7-16(22)12-21-24(28)30-23(27-21)19-13-18(26)10-11-20(19)25/h2-13H,14H2,1H3/b21-12-. The average Bonchev–Trinajstić information content (AvgIpc) is 3.10. The van der Waals surface area contributed by atoms with Crippen LogP contribution in [0.2, 0.25) is 5.02 Å². The molecule has 4 rings (SSSR count). The molecule has 3 aromatic rings. The molecule has 0 N–H and O–H groups in total. The van der Waals surface area contributed by atoms with Gasteiger partial charge in [0.25, 0.3) is 0 Å². The molecule has 3 aromatic carbocycles. The maximum Gasteiger partial charge on any atom is 0.363 e. The third-order valence-corrected chi connectivity index (χ3v) is 5.64. The summed E-state index contributed by atoms with van der Waals surface area (Å²) in [7, 11) is 0. The summed E-state index contributed by atoms with van der Waals surface area (Å²) in [5.74, 6) is 0.346. The molecule has 0 saturated heterocycles. The first-order valence-electron chi connectivity index (χ1n) is 9.25. The second kappa shape index (κ2) is 9.02. The van der Waals surface area contributed by atoms with Crippen molar-refractivity contribution in [2.24, 2.45) is 4.99 Å². The van der Waals surface area contributed by atoms with E-state index in [0.717, 1.165) is 20.3 Å². The molecule has 4 nitrogen and oxygen atoms in total. The molecule has 0 bridgehead atoms. The minimum Gasteiger partial charge on any atom is -0.488 e. The predicted octanol–water partition coefficient (Wildman–Crippen LogP) is 6.18. The molecule has 0 aromatic heterocycles. The van der Waals surface area contributed by atoms with Crippen molar-refractivity contribution in [1.82, 2.24) is 0 Å². The van der Waals surface area contributed by atoms with Gasteiger partial charge < -0.3 is 9.47 Å². The molecule has 0 fully saturated rings. The number of benzene rings is 3. The number of aryl methyl sites for hydroxylation is 1. The highest BCUT2D eigenvalue weighted by Crippen LogP contribution is 2.28. The number of hydrogen-bond donors (Lipinski definition) is 0. The van der Waals surface area contributed by atoms with Crippen molar-refractivity contribution in [1.29, 1.82) is 0 Å². The molecular formula is C24H17ClINO3. The van der Waals surface area contributed by atoms with Crippen LogP contribution in [-0.4, -0.2) is 11.9 Å². The number of hydrogen-bond acceptors (Lipinski definition) is 4. The molecule has 1 aliphatic heterocycles. The average molecular weight is 530 g/mol. The zero-order chi connectivity index (χ0) is 21.1. The van der Waals surface area contributed by atoms with E-state index in [1.165, 1.54) is 0 Å². The Kier molecular flexibility index (Phi) is 6.20. The summed E-state index contributed by atoms with van der Waals surface area (Å²) in [6, 6.07) is 21.0. The lowest BCUT2D eigenvalue weighted by atomic mass is 10.1. The van der Waals surface area contributed by atoms with E-state index in [9.17, 15) is 4.79 Å². The van der Waals surface area contributed by atoms with Crippen molar-refractivity contribution in [3.63, 3.8) is 0 Å². The number of aliphatic imine (C=N–C) groups is 1. The van der Waals surface area contributed by atoms with Crippen LogP contribution in [0.3, 0.4) is 0 Å². The summed E-state index contributed by atoms with van der Waals surface area (Å²) in [6.07, 6.45) is 1.67. The van der Waals surface area contributed by atoms with Gasteiger partial charge in [0, 0.05) is 9.13 Å². The zero-order valence-corrected chi connectivity index (χ0v) is 19.0. The van der Waals surface area contributed by atoms with Gasteiger partial charge in [-0.05, 0) is 71.0 Å². The highest BCUT2D eigenvalue weighted by atomic mass is 127. The van der Waals surface area contributed by atoms with Gasteiger partial charge in [-0.1, -0.05) is 54.1 Å². The number of nitrogens with zero attached hydrogens (tertiary/aromatic N) is 1. The fourth-order valence-corrected chi connectivity index (χ4v) is 3.68. The Hall–Kier alpha value is -2.64. The monoisotopic (exact) mass is 529 g/mol. The van der Waals surface area contributed by atoms with E-state index < -0.39 is 5.97 Å². The van der Waals surface area contributed by atoms with Crippen LogP contribution in [0.15, 0.2) is 77.4 Å². The quantitative estimate of drug-likeness (QED) is 0.225. The van der Waals surface area contributed by atoms with Gasteiger partial charge in [0.05, 0.1) is 10.6 Å². The first kappa shape index (κ1) is 20.6. The second-order valence-corrected chi connectivity index (χ2v) is 8.37. The lowest BCUT2D eigenvalue weighted by Gasteiger charge is -2.11. The minimum atomic E-state index is -0.520. The molecule has 0 radical (unpaired) electrons. The number of carbonyl (C=O) groups excluding carboxylic acids is 1. The van der Waals surface area contributed by atoms with Crippen LogP contribution in [0, 0.1) is 10.5 Å². The van der Waals surface area contributed by atoms with Gasteiger partial charge in [0.2, 0.25) is 5.90 Å². The number of carbonyl (C=O) groups is 1. The van der Waals surface area contributed by atoms with Gasteiger partial charge >= 0.3 is 5.97 Å². The van der Waals surface area contributed by atoms with Crippen LogP contribution in [0.1, 0.15) is 22.3 Å². The maximum absolute atomic E-state index is 12.4. The molecule has 6 heteroatoms. The number of ether oxygens (including phenoxy) is 2. The molecule has 0 amide bonds. The number of esters is 1. The van der Waals surface area contributed by atoms with E-state index in [0.29, 0.717) is 22.9 Å². The highest BCUT2D eigenvalue weighted by molar-refractivity contribution is 14.1. The molecule has 0 spiro atoms. The molecule has 30 heavy (non-hydrogen) atoms. The SMILES string of the molecule is Cc1ccccc1COc1ccccc1/C=C1\N=C(c2cc(I)ccc2Cl)OC1=O. The van der Waals surface area contributed by atoms with E-state index in [2.05, 4.69) is 27.6 Å². The molecule has 150 valence electrons. The largest absolute Gasteiger partial charge is 0.488 e. The van der Waals surface area contributed by atoms with E-state index >= 15 is 0 Å². The fourth-order valence-electron chi connectivity index (χ4n) is 2.99. The van der Waals surface area contributed by atoms with Gasteiger partial charge in [-0.25, -0.2) is 9.79 Å². The van der Waals surface area contributed by atoms with Crippen LogP contribution in [0.5, 0.6) is 5.75 Å². The number of rotatable bonds is 5. The Morgan fingerprint density at radius 1 is 1.10 bits per heavy atom. The van der Waals surface area contributed by atoms with Crippen LogP contribution in [0.4, 0.5) is 0 Å². The number of para-hydroxylation sites is 1. The molecule has 0 saturated carbocycles. The van der Waals surface area contributed by atoms with E-state index in [4.69, 9.17) is 21.1 Å². The fraction of sp³-hybridized carbons (Fsp3) is 0.0833. The second-order valence-electron chi connectivity index (χ2n) is 6.71. The normalized spacial score (nSPS) is 14.6. The van der Waals surface area contributed by atoms with Crippen LogP contribution in [0.25, 0.3) is 6.08 Å². The Morgan fingerprint density at radius 3 is 2.70 bits per heavy atom. The first-order valence-corrected chi connectivity index (χ1v) is 10.7. The van der Waals surface area contributed by atoms with E-state index in [-0.39, 0.29) is 11.6 Å². The van der Waals surface area contributed by atoms with Gasteiger partial charge in [0.15, 0.2) is 5.70 Å². The van der Waals surface area contributed by atoms with Crippen molar-refractivity contribution in [2.75, 3.05) is 0 Å². The molecule has 1 heterocycles. The summed E-state index contributed by atoms with van der Waals surface area (Å²) in [6.45, 7) is 2.48. The smallest absolute Gasteiger partial charge is 0.363 e. The topological polar surface area (TPSA) is 47.9 Å². The van der Waals surface area contributed by atoms with Crippen LogP contribution >= 0.6 is 34.2 Å². The summed E-state index contributed by atoms with van der Waals surface area (Å²) < 4.78 is 12.4. The molecule has 0 aliphatic carbocycles. The molecule has 0 atom stereocenters. The Balaban J connectivity index is 1.62. The third kappa shape index (κ3) is 4.57. The van der Waals surface area contributed by atoms with Crippen molar-refractivity contribution in [2.45, 2.75) is 13.5 Å². The first-order chi connectivity index (χ1) is 14.5. The molecular weight excluding hydrogens is 513 g/mol. The van der Waals surface area contributed by atoms with Crippen molar-refractivity contribution in [3.05, 3.63) is 103 Å². The Morgan fingerprint density at radius 2 is 1.87 bits per heavy atom. The van der Waals surface area contributed by atoms with Gasteiger partial charge in [-0.2, -0.15) is 0 Å². The van der Waals surface area contributed by atoms with Gasteiger partial charge in [-0.3, -0.25) is 0 Å². The Bertz CT molecular complexity index is 1190. The number of halogens is 2. The third-order valence-electron chi connectivity index (χ3n) is 4.63. The van der Waals surface area contributed by atoms with E-state index in [1.807, 2.05) is 67.6 Å². The molecule has 0 unspecified atom stereocenters. The van der Waals surface area contributed by atoms with Crippen molar-refractivity contribution >= 4 is 52.1 Å².